The molecule has 0 fully saturated rings. The van der Waals surface area contributed by atoms with Gasteiger partial charge in [0.15, 0.2) is 0 Å². The van der Waals surface area contributed by atoms with Crippen LogP contribution in [0.15, 0.2) is 48.5 Å². The van der Waals surface area contributed by atoms with Gasteiger partial charge in [0.05, 0.1) is 11.4 Å². The zero-order chi connectivity index (χ0) is 18.7. The van der Waals surface area contributed by atoms with E-state index in [1.165, 1.54) is 11.3 Å². The molecule has 0 aliphatic heterocycles. The number of hydrogen-bond donors (Lipinski definition) is 1. The van der Waals surface area contributed by atoms with E-state index in [-0.39, 0.29) is 12.1 Å². The van der Waals surface area contributed by atoms with E-state index in [1.807, 2.05) is 30.3 Å². The number of nitrogens with zero attached hydrogens (tertiary/aromatic N) is 1. The molecule has 0 amide bonds. The van der Waals surface area contributed by atoms with E-state index in [4.69, 9.17) is 0 Å². The van der Waals surface area contributed by atoms with Gasteiger partial charge in [-0.3, -0.25) is 0 Å². The average Bonchev–Trinajstić information content (AvgIpc) is 2.98. The summed E-state index contributed by atoms with van der Waals surface area (Å²) in [6.45, 7) is 1.86. The second-order valence-corrected chi connectivity index (χ2v) is 8.60. The van der Waals surface area contributed by atoms with Gasteiger partial charge in [-0.2, -0.15) is 0 Å². The first kappa shape index (κ1) is 18.6. The third-order valence-electron chi connectivity index (χ3n) is 3.72. The highest BCUT2D eigenvalue weighted by atomic mass is 32.2. The summed E-state index contributed by atoms with van der Waals surface area (Å²) in [5, 5.41) is 0.800. The molecule has 0 radical (unpaired) electrons. The lowest BCUT2D eigenvalue weighted by Crippen LogP contribution is -2.25. The molecule has 0 bridgehead atoms. The second-order valence-electron chi connectivity index (χ2n) is 5.71. The van der Waals surface area contributed by atoms with Gasteiger partial charge in [-0.05, 0) is 25.1 Å². The SMILES string of the molecule is Cc1nc(-c2ccccc2)sc1CNS(=O)(=O)Cc1cc(F)ccc1F. The molecule has 1 heterocycles. The van der Waals surface area contributed by atoms with Gasteiger partial charge in [0.2, 0.25) is 10.0 Å². The maximum absolute atomic E-state index is 13.7. The van der Waals surface area contributed by atoms with Crippen LogP contribution in [0.5, 0.6) is 0 Å². The summed E-state index contributed by atoms with van der Waals surface area (Å²) in [5.41, 5.74) is 1.48. The van der Waals surface area contributed by atoms with E-state index >= 15 is 0 Å². The lowest BCUT2D eigenvalue weighted by Gasteiger charge is -2.07. The summed E-state index contributed by atoms with van der Waals surface area (Å²) in [5.74, 6) is -2.06. The summed E-state index contributed by atoms with van der Waals surface area (Å²) in [6.07, 6.45) is 0. The molecule has 3 aromatic rings. The number of thiazole rings is 1. The predicted molar refractivity (Wildman–Crippen MR) is 98.1 cm³/mol. The fourth-order valence-electron chi connectivity index (χ4n) is 2.38. The monoisotopic (exact) mass is 394 g/mol. The van der Waals surface area contributed by atoms with Gasteiger partial charge >= 0.3 is 0 Å². The molecule has 8 heteroatoms. The minimum Gasteiger partial charge on any atom is -0.241 e. The summed E-state index contributed by atoms with van der Waals surface area (Å²) in [7, 11) is -3.82. The van der Waals surface area contributed by atoms with Crippen molar-refractivity contribution in [2.45, 2.75) is 19.2 Å². The minimum atomic E-state index is -3.82. The maximum Gasteiger partial charge on any atom is 0.216 e. The van der Waals surface area contributed by atoms with Crippen LogP contribution in [0, 0.1) is 18.6 Å². The second kappa shape index (κ2) is 7.61. The Bertz CT molecular complexity index is 1020. The third-order valence-corrected chi connectivity index (χ3v) is 6.20. The summed E-state index contributed by atoms with van der Waals surface area (Å²) < 4.78 is 53.7. The van der Waals surface area contributed by atoms with Crippen LogP contribution in [0.1, 0.15) is 16.1 Å². The van der Waals surface area contributed by atoms with Crippen molar-refractivity contribution in [3.8, 4) is 10.6 Å². The molecular formula is C18H16F2N2O2S2. The highest BCUT2D eigenvalue weighted by Crippen LogP contribution is 2.27. The molecule has 0 aliphatic carbocycles. The number of nitrogens with one attached hydrogen (secondary N) is 1. The highest BCUT2D eigenvalue weighted by molar-refractivity contribution is 7.88. The third kappa shape index (κ3) is 4.51. The summed E-state index contributed by atoms with van der Waals surface area (Å²) >= 11 is 1.39. The first-order chi connectivity index (χ1) is 12.3. The Kier molecular flexibility index (Phi) is 5.45. The summed E-state index contributed by atoms with van der Waals surface area (Å²) in [4.78, 5) is 5.24. The zero-order valence-electron chi connectivity index (χ0n) is 13.9. The van der Waals surface area contributed by atoms with E-state index in [9.17, 15) is 17.2 Å². The van der Waals surface area contributed by atoms with Gasteiger partial charge in [-0.25, -0.2) is 26.9 Å². The molecule has 4 nitrogen and oxygen atoms in total. The van der Waals surface area contributed by atoms with Crippen molar-refractivity contribution < 1.29 is 17.2 Å². The van der Waals surface area contributed by atoms with Crippen molar-refractivity contribution in [2.24, 2.45) is 0 Å². The predicted octanol–water partition coefficient (Wildman–Crippen LogP) is 4.02. The van der Waals surface area contributed by atoms with E-state index in [2.05, 4.69) is 9.71 Å². The Morgan fingerprint density at radius 2 is 1.85 bits per heavy atom. The van der Waals surface area contributed by atoms with Gasteiger partial charge in [0.25, 0.3) is 0 Å². The van der Waals surface area contributed by atoms with Crippen molar-refractivity contribution in [1.29, 1.82) is 0 Å². The number of aromatic nitrogens is 1. The van der Waals surface area contributed by atoms with E-state index in [0.29, 0.717) is 0 Å². The van der Waals surface area contributed by atoms with E-state index < -0.39 is 27.4 Å². The van der Waals surface area contributed by atoms with E-state index in [1.54, 1.807) is 6.92 Å². The first-order valence-corrected chi connectivity index (χ1v) is 10.2. The molecule has 0 atom stereocenters. The number of hydrogen-bond acceptors (Lipinski definition) is 4. The van der Waals surface area contributed by atoms with Gasteiger partial charge < -0.3 is 0 Å². The molecule has 0 unspecified atom stereocenters. The lowest BCUT2D eigenvalue weighted by atomic mass is 10.2. The maximum atomic E-state index is 13.7. The molecule has 0 saturated heterocycles. The van der Waals surface area contributed by atoms with Gasteiger partial charge in [-0.1, -0.05) is 30.3 Å². The van der Waals surface area contributed by atoms with Crippen LogP contribution in [0.2, 0.25) is 0 Å². The van der Waals surface area contributed by atoms with Crippen LogP contribution in [-0.4, -0.2) is 13.4 Å². The number of sulfonamides is 1. The molecule has 26 heavy (non-hydrogen) atoms. The van der Waals surface area contributed by atoms with Crippen molar-refractivity contribution in [3.63, 3.8) is 0 Å². The molecule has 3 rings (SSSR count). The number of halogens is 2. The first-order valence-electron chi connectivity index (χ1n) is 7.77. The van der Waals surface area contributed by atoms with Crippen molar-refractivity contribution in [3.05, 3.63) is 76.3 Å². The molecule has 136 valence electrons. The fourth-order valence-corrected chi connectivity index (χ4v) is 4.58. The zero-order valence-corrected chi connectivity index (χ0v) is 15.5. The van der Waals surface area contributed by atoms with E-state index in [0.717, 1.165) is 39.3 Å². The Labute approximate surface area is 154 Å². The van der Waals surface area contributed by atoms with Crippen LogP contribution in [0.3, 0.4) is 0 Å². The number of benzene rings is 2. The molecule has 1 aromatic heterocycles. The molecule has 2 aromatic carbocycles. The largest absolute Gasteiger partial charge is 0.241 e. The van der Waals surface area contributed by atoms with Crippen LogP contribution >= 0.6 is 11.3 Å². The Morgan fingerprint density at radius 1 is 1.12 bits per heavy atom. The Morgan fingerprint density at radius 3 is 2.58 bits per heavy atom. The fraction of sp³-hybridized carbons (Fsp3) is 0.167. The van der Waals surface area contributed by atoms with Crippen LogP contribution in [-0.2, 0) is 22.3 Å². The Hall–Kier alpha value is -2.16. The molecular weight excluding hydrogens is 378 g/mol. The average molecular weight is 394 g/mol. The molecule has 0 aliphatic rings. The lowest BCUT2D eigenvalue weighted by molar-refractivity contribution is 0.570. The quantitative estimate of drug-likeness (QED) is 0.687. The molecule has 1 N–H and O–H groups in total. The standard InChI is InChI=1S/C18H16F2N2O2S2/c1-12-17(25-18(22-12)13-5-3-2-4-6-13)10-21-26(23,24)11-14-9-15(19)7-8-16(14)20/h2-9,21H,10-11H2,1H3. The van der Waals surface area contributed by atoms with Crippen molar-refractivity contribution in [1.82, 2.24) is 9.71 Å². The number of rotatable bonds is 6. The topological polar surface area (TPSA) is 59.1 Å². The smallest absolute Gasteiger partial charge is 0.216 e. The highest BCUT2D eigenvalue weighted by Gasteiger charge is 2.17. The Balaban J connectivity index is 1.72. The summed E-state index contributed by atoms with van der Waals surface area (Å²) in [6, 6.07) is 12.3. The van der Waals surface area contributed by atoms with Gasteiger partial charge in [-0.15, -0.1) is 11.3 Å². The van der Waals surface area contributed by atoms with Crippen LogP contribution < -0.4 is 4.72 Å². The van der Waals surface area contributed by atoms with Crippen molar-refractivity contribution >= 4 is 21.4 Å². The minimum absolute atomic E-state index is 0.0512. The van der Waals surface area contributed by atoms with Gasteiger partial charge in [0, 0.05) is 22.5 Å². The molecule has 0 spiro atoms. The molecule has 0 saturated carbocycles. The van der Waals surface area contributed by atoms with Crippen molar-refractivity contribution in [2.75, 3.05) is 0 Å². The van der Waals surface area contributed by atoms with Crippen LogP contribution in [0.25, 0.3) is 10.6 Å². The van der Waals surface area contributed by atoms with Crippen LogP contribution in [0.4, 0.5) is 8.78 Å². The normalized spacial score (nSPS) is 11.7. The van der Waals surface area contributed by atoms with Gasteiger partial charge in [0.1, 0.15) is 16.6 Å². The number of aryl methyl sites for hydroxylation is 1.